The van der Waals surface area contributed by atoms with Gasteiger partial charge in [0, 0.05) is 11.3 Å². The van der Waals surface area contributed by atoms with Crippen molar-refractivity contribution in [1.82, 2.24) is 0 Å². The van der Waals surface area contributed by atoms with Crippen LogP contribution in [0.3, 0.4) is 0 Å². The number of nitriles is 1. The second-order valence-electron chi connectivity index (χ2n) is 3.38. The zero-order chi connectivity index (χ0) is 11.1. The lowest BCUT2D eigenvalue weighted by molar-refractivity contribution is -0.133. The van der Waals surface area contributed by atoms with Crippen molar-refractivity contribution in [1.29, 1.82) is 5.26 Å². The number of hydrogen-bond acceptors (Lipinski definition) is 4. The number of nitrogens with one attached hydrogen (secondary N) is 1. The fourth-order valence-electron chi connectivity index (χ4n) is 1.62. The van der Waals surface area contributed by atoms with Crippen molar-refractivity contribution >= 4 is 11.6 Å². The molecule has 5 nitrogen and oxygen atoms in total. The third-order valence-corrected chi connectivity index (χ3v) is 2.41. The van der Waals surface area contributed by atoms with Gasteiger partial charge in [-0.1, -0.05) is 0 Å². The molecule has 1 atom stereocenters. The maximum absolute atomic E-state index is 11.5. The van der Waals surface area contributed by atoms with E-state index in [-0.39, 0.29) is 17.7 Å². The van der Waals surface area contributed by atoms with E-state index in [1.54, 1.807) is 6.07 Å². The van der Waals surface area contributed by atoms with Crippen molar-refractivity contribution in [3.8, 4) is 11.8 Å². The van der Waals surface area contributed by atoms with Gasteiger partial charge in [-0.25, -0.2) is 0 Å². The van der Waals surface area contributed by atoms with Crippen LogP contribution in [0, 0.1) is 11.3 Å². The fraction of sp³-hybridized carbons (Fsp3) is 0.200. The number of rotatable bonds is 1. The van der Waals surface area contributed by atoms with Gasteiger partial charge in [0.25, 0.3) is 5.91 Å². The largest absolute Gasteiger partial charge is 0.508 e. The number of carbonyl (C=O) groups excluding carboxylic acids is 1. The normalized spacial score (nSPS) is 23.1. The Labute approximate surface area is 85.6 Å². The number of aliphatic hydroxyl groups is 1. The molecule has 1 amide bonds. The first-order valence-electron chi connectivity index (χ1n) is 4.32. The summed E-state index contributed by atoms with van der Waals surface area (Å²) < 4.78 is 0. The second kappa shape index (κ2) is 2.97. The maximum Gasteiger partial charge on any atom is 0.262 e. The molecule has 0 aliphatic carbocycles. The van der Waals surface area contributed by atoms with Gasteiger partial charge < -0.3 is 15.5 Å². The van der Waals surface area contributed by atoms with E-state index in [2.05, 4.69) is 5.32 Å². The lowest BCUT2D eigenvalue weighted by Crippen LogP contribution is -2.33. The molecular formula is C10H8N2O3. The molecule has 1 aromatic carbocycles. The number of anilines is 1. The Balaban J connectivity index is 2.58. The number of hydrogen-bond donors (Lipinski definition) is 3. The Morgan fingerprint density at radius 1 is 1.53 bits per heavy atom. The van der Waals surface area contributed by atoms with Crippen LogP contribution < -0.4 is 5.32 Å². The van der Waals surface area contributed by atoms with Crippen molar-refractivity contribution in [2.75, 3.05) is 5.32 Å². The Hall–Kier alpha value is -2.06. The summed E-state index contributed by atoms with van der Waals surface area (Å²) in [6.07, 6.45) is -0.338. The average molecular weight is 204 g/mol. The topological polar surface area (TPSA) is 93.3 Å². The van der Waals surface area contributed by atoms with Crippen LogP contribution in [-0.4, -0.2) is 16.1 Å². The third kappa shape index (κ3) is 1.23. The fourth-order valence-corrected chi connectivity index (χ4v) is 1.62. The second-order valence-corrected chi connectivity index (χ2v) is 3.38. The van der Waals surface area contributed by atoms with Crippen molar-refractivity contribution in [2.45, 2.75) is 12.0 Å². The first kappa shape index (κ1) is 9.49. The molecule has 0 saturated carbocycles. The summed E-state index contributed by atoms with van der Waals surface area (Å²) in [6.45, 7) is 0. The van der Waals surface area contributed by atoms with Crippen LogP contribution in [-0.2, 0) is 10.4 Å². The van der Waals surface area contributed by atoms with Crippen molar-refractivity contribution in [2.24, 2.45) is 0 Å². The van der Waals surface area contributed by atoms with Gasteiger partial charge >= 0.3 is 0 Å². The van der Waals surface area contributed by atoms with Crippen LogP contribution in [0.1, 0.15) is 12.0 Å². The zero-order valence-electron chi connectivity index (χ0n) is 7.69. The molecule has 76 valence electrons. The zero-order valence-corrected chi connectivity index (χ0v) is 7.69. The van der Waals surface area contributed by atoms with Crippen LogP contribution in [0.25, 0.3) is 0 Å². The molecule has 0 spiro atoms. The number of nitrogens with zero attached hydrogens (tertiary/aromatic N) is 1. The minimum absolute atomic E-state index is 0.0541. The Bertz CT molecular complexity index is 478. The van der Waals surface area contributed by atoms with E-state index in [4.69, 9.17) is 5.26 Å². The van der Waals surface area contributed by atoms with E-state index in [1.807, 2.05) is 0 Å². The van der Waals surface area contributed by atoms with E-state index in [0.717, 1.165) is 0 Å². The molecule has 15 heavy (non-hydrogen) atoms. The van der Waals surface area contributed by atoms with Crippen molar-refractivity contribution < 1.29 is 15.0 Å². The summed E-state index contributed by atoms with van der Waals surface area (Å²) in [5, 5.41) is 30.2. The molecule has 1 aliphatic rings. The monoisotopic (exact) mass is 204 g/mol. The van der Waals surface area contributed by atoms with Crippen molar-refractivity contribution in [3.05, 3.63) is 23.8 Å². The van der Waals surface area contributed by atoms with E-state index in [0.29, 0.717) is 5.69 Å². The summed E-state index contributed by atoms with van der Waals surface area (Å²) in [4.78, 5) is 11.5. The molecule has 1 heterocycles. The Kier molecular flexibility index (Phi) is 1.88. The summed E-state index contributed by atoms with van der Waals surface area (Å²) in [5.74, 6) is -0.689. The molecule has 0 saturated heterocycles. The number of phenolic OH excluding ortho intramolecular Hbond substituents is 1. The van der Waals surface area contributed by atoms with Crippen LogP contribution >= 0.6 is 0 Å². The van der Waals surface area contributed by atoms with Crippen LogP contribution in [0.15, 0.2) is 18.2 Å². The molecule has 0 unspecified atom stereocenters. The molecule has 2 rings (SSSR count). The first-order chi connectivity index (χ1) is 7.08. The predicted molar refractivity (Wildman–Crippen MR) is 50.9 cm³/mol. The highest BCUT2D eigenvalue weighted by molar-refractivity contribution is 6.05. The van der Waals surface area contributed by atoms with Gasteiger partial charge in [-0.05, 0) is 18.2 Å². The minimum Gasteiger partial charge on any atom is -0.508 e. The number of carbonyl (C=O) groups is 1. The lowest BCUT2D eigenvalue weighted by Gasteiger charge is -2.16. The highest BCUT2D eigenvalue weighted by Gasteiger charge is 2.45. The van der Waals surface area contributed by atoms with Gasteiger partial charge in [-0.3, -0.25) is 4.79 Å². The van der Waals surface area contributed by atoms with Gasteiger partial charge in [0.2, 0.25) is 0 Å². The molecule has 0 bridgehead atoms. The average Bonchev–Trinajstić information content (AvgIpc) is 2.42. The van der Waals surface area contributed by atoms with E-state index in [1.165, 1.54) is 18.2 Å². The van der Waals surface area contributed by atoms with Gasteiger partial charge in [0.15, 0.2) is 5.60 Å². The smallest absolute Gasteiger partial charge is 0.262 e. The Morgan fingerprint density at radius 2 is 2.27 bits per heavy atom. The SMILES string of the molecule is N#CC[C@]1(O)C(=O)Nc2ccc(O)cc21. The Morgan fingerprint density at radius 3 is 2.93 bits per heavy atom. The maximum atomic E-state index is 11.5. The number of benzene rings is 1. The summed E-state index contributed by atoms with van der Waals surface area (Å²) in [6, 6.07) is 5.91. The number of fused-ring (bicyclic) bond motifs is 1. The van der Waals surface area contributed by atoms with Crippen LogP contribution in [0.2, 0.25) is 0 Å². The molecule has 0 fully saturated rings. The van der Waals surface area contributed by atoms with Gasteiger partial charge in [-0.15, -0.1) is 0 Å². The number of amides is 1. The summed E-state index contributed by atoms with van der Waals surface area (Å²) in [7, 11) is 0. The highest BCUT2D eigenvalue weighted by Crippen LogP contribution is 2.39. The van der Waals surface area contributed by atoms with Gasteiger partial charge in [0.05, 0.1) is 12.5 Å². The first-order valence-corrected chi connectivity index (χ1v) is 4.32. The predicted octanol–water partition coefficient (Wildman–Crippen LogP) is 0.446. The van der Waals surface area contributed by atoms with E-state index < -0.39 is 11.5 Å². The molecule has 3 N–H and O–H groups in total. The molecule has 1 aliphatic heterocycles. The number of phenols is 1. The molecule has 0 aromatic heterocycles. The molecular weight excluding hydrogens is 196 g/mol. The van der Waals surface area contributed by atoms with Crippen LogP contribution in [0.5, 0.6) is 5.75 Å². The van der Waals surface area contributed by atoms with Gasteiger partial charge in [0.1, 0.15) is 5.75 Å². The molecule has 0 radical (unpaired) electrons. The molecule has 1 aromatic rings. The standard InChI is InChI=1S/C10H8N2O3/c11-4-3-10(15)7-5-6(13)1-2-8(7)12-9(10)14/h1-2,5,13,15H,3H2,(H,12,14)/t10-/m1/s1. The minimum atomic E-state index is -1.84. The van der Waals surface area contributed by atoms with E-state index >= 15 is 0 Å². The van der Waals surface area contributed by atoms with E-state index in [9.17, 15) is 15.0 Å². The lowest BCUT2D eigenvalue weighted by atomic mass is 9.92. The van der Waals surface area contributed by atoms with Crippen LogP contribution in [0.4, 0.5) is 5.69 Å². The summed E-state index contributed by atoms with van der Waals surface area (Å²) >= 11 is 0. The highest BCUT2D eigenvalue weighted by atomic mass is 16.3. The van der Waals surface area contributed by atoms with Gasteiger partial charge in [-0.2, -0.15) is 5.26 Å². The quantitative estimate of drug-likeness (QED) is 0.579. The molecule has 5 heteroatoms. The number of aromatic hydroxyl groups is 1. The third-order valence-electron chi connectivity index (χ3n) is 2.41. The van der Waals surface area contributed by atoms with Crippen molar-refractivity contribution in [3.63, 3.8) is 0 Å². The summed E-state index contributed by atoms with van der Waals surface area (Å²) in [5.41, 5.74) is -1.17.